The van der Waals surface area contributed by atoms with Crippen molar-refractivity contribution >= 4 is 17.6 Å². The minimum absolute atomic E-state index is 0.0236. The summed E-state index contributed by atoms with van der Waals surface area (Å²) in [5, 5.41) is 12.1. The summed E-state index contributed by atoms with van der Waals surface area (Å²) in [4.78, 5) is 24.0. The number of carbonyl (C=O) groups is 2. The van der Waals surface area contributed by atoms with Crippen LogP contribution >= 0.6 is 0 Å². The first kappa shape index (κ1) is 15.3. The summed E-state index contributed by atoms with van der Waals surface area (Å²) in [6, 6.07) is 2.82. The SMILES string of the molecule is COc1cc(C(=O)O)cc(NC(=O)C2C3C4CCC(C4)C23)c1OC. The Morgan fingerprint density at radius 2 is 1.79 bits per heavy atom. The van der Waals surface area contributed by atoms with Gasteiger partial charge in [0.25, 0.3) is 0 Å². The summed E-state index contributed by atoms with van der Waals surface area (Å²) in [7, 11) is 2.91. The van der Waals surface area contributed by atoms with Crippen LogP contribution in [-0.2, 0) is 4.79 Å². The summed E-state index contributed by atoms with van der Waals surface area (Å²) in [5.74, 6) is 2.08. The van der Waals surface area contributed by atoms with Gasteiger partial charge in [0, 0.05) is 5.92 Å². The van der Waals surface area contributed by atoms with Gasteiger partial charge in [-0.1, -0.05) is 0 Å². The number of aromatic carboxylic acids is 1. The predicted molar refractivity (Wildman–Crippen MR) is 86.4 cm³/mol. The fraction of sp³-hybridized carbons (Fsp3) is 0.556. The number of fused-ring (bicyclic) bond motifs is 5. The quantitative estimate of drug-likeness (QED) is 0.866. The Hall–Kier alpha value is -2.24. The van der Waals surface area contributed by atoms with E-state index in [1.807, 2.05) is 0 Å². The van der Waals surface area contributed by atoms with Crippen LogP contribution in [0.25, 0.3) is 0 Å². The summed E-state index contributed by atoms with van der Waals surface area (Å²) in [6.07, 6.45) is 3.78. The van der Waals surface area contributed by atoms with Crippen molar-refractivity contribution in [3.63, 3.8) is 0 Å². The number of hydrogen-bond acceptors (Lipinski definition) is 4. The monoisotopic (exact) mass is 331 g/mol. The molecule has 6 heteroatoms. The normalized spacial score (nSPS) is 32.2. The first-order chi connectivity index (χ1) is 11.5. The van der Waals surface area contributed by atoms with Crippen molar-refractivity contribution in [3.8, 4) is 11.5 Å². The van der Waals surface area contributed by atoms with Crippen LogP contribution in [0.2, 0.25) is 0 Å². The molecule has 3 fully saturated rings. The van der Waals surface area contributed by atoms with Crippen LogP contribution in [0.5, 0.6) is 11.5 Å². The lowest BCUT2D eigenvalue weighted by atomic mass is 10.0. The van der Waals surface area contributed by atoms with Crippen molar-refractivity contribution in [3.05, 3.63) is 17.7 Å². The number of anilines is 1. The molecule has 1 amide bonds. The lowest BCUT2D eigenvalue weighted by molar-refractivity contribution is -0.118. The Labute approximate surface area is 140 Å². The average Bonchev–Trinajstić information content (AvgIpc) is 3.02. The molecule has 0 radical (unpaired) electrons. The summed E-state index contributed by atoms with van der Waals surface area (Å²) < 4.78 is 10.5. The van der Waals surface area contributed by atoms with E-state index in [1.165, 1.54) is 45.6 Å². The van der Waals surface area contributed by atoms with Gasteiger partial charge >= 0.3 is 5.97 Å². The van der Waals surface area contributed by atoms with E-state index in [1.54, 1.807) is 0 Å². The van der Waals surface area contributed by atoms with Crippen molar-refractivity contribution in [2.45, 2.75) is 19.3 Å². The number of carboxylic acids is 1. The largest absolute Gasteiger partial charge is 0.493 e. The molecule has 4 rings (SSSR count). The number of benzene rings is 1. The van der Waals surface area contributed by atoms with Crippen LogP contribution in [0.1, 0.15) is 29.6 Å². The molecule has 0 heterocycles. The molecule has 0 spiro atoms. The maximum atomic E-state index is 12.7. The minimum atomic E-state index is -1.08. The van der Waals surface area contributed by atoms with Gasteiger partial charge in [-0.2, -0.15) is 0 Å². The first-order valence-corrected chi connectivity index (χ1v) is 8.35. The number of ether oxygens (including phenoxy) is 2. The summed E-state index contributed by atoms with van der Waals surface area (Å²) in [5.41, 5.74) is 0.413. The van der Waals surface area contributed by atoms with Crippen LogP contribution in [0.4, 0.5) is 5.69 Å². The highest BCUT2D eigenvalue weighted by Gasteiger charge is 2.67. The van der Waals surface area contributed by atoms with Crippen LogP contribution in [0.3, 0.4) is 0 Å². The number of amides is 1. The second-order valence-corrected chi connectivity index (χ2v) is 7.07. The Morgan fingerprint density at radius 3 is 2.33 bits per heavy atom. The summed E-state index contributed by atoms with van der Waals surface area (Å²) >= 11 is 0. The number of rotatable bonds is 5. The molecule has 0 saturated heterocycles. The predicted octanol–water partition coefficient (Wildman–Crippen LogP) is 2.63. The van der Waals surface area contributed by atoms with Crippen molar-refractivity contribution in [2.75, 3.05) is 19.5 Å². The molecule has 1 aromatic rings. The molecule has 3 aliphatic carbocycles. The van der Waals surface area contributed by atoms with Crippen molar-refractivity contribution in [2.24, 2.45) is 29.6 Å². The minimum Gasteiger partial charge on any atom is -0.493 e. The number of methoxy groups -OCH3 is 2. The number of carboxylic acid groups (broad SMARTS) is 1. The molecule has 6 nitrogen and oxygen atoms in total. The second kappa shape index (κ2) is 5.40. The molecule has 24 heavy (non-hydrogen) atoms. The molecule has 2 N–H and O–H groups in total. The van der Waals surface area contributed by atoms with E-state index in [0.717, 1.165) is 0 Å². The zero-order chi connectivity index (χ0) is 17.0. The molecule has 128 valence electrons. The van der Waals surface area contributed by atoms with Gasteiger partial charge in [-0.05, 0) is 55.1 Å². The molecular formula is C18H21NO5. The van der Waals surface area contributed by atoms with Gasteiger partial charge in [-0.15, -0.1) is 0 Å². The van der Waals surface area contributed by atoms with E-state index >= 15 is 0 Å². The molecule has 4 unspecified atom stereocenters. The molecule has 3 saturated carbocycles. The molecule has 3 aliphatic rings. The van der Waals surface area contributed by atoms with E-state index in [2.05, 4.69) is 5.32 Å². The fourth-order valence-electron chi connectivity index (χ4n) is 5.07. The van der Waals surface area contributed by atoms with Gasteiger partial charge in [-0.25, -0.2) is 4.79 Å². The second-order valence-electron chi connectivity index (χ2n) is 7.07. The third-order valence-corrected chi connectivity index (χ3v) is 6.02. The van der Waals surface area contributed by atoms with E-state index in [4.69, 9.17) is 9.47 Å². The summed E-state index contributed by atoms with van der Waals surface area (Å²) in [6.45, 7) is 0. The highest BCUT2D eigenvalue weighted by molar-refractivity contribution is 5.99. The van der Waals surface area contributed by atoms with Gasteiger partial charge in [-0.3, -0.25) is 4.79 Å². The van der Waals surface area contributed by atoms with Crippen molar-refractivity contribution in [1.82, 2.24) is 0 Å². The molecule has 1 aromatic carbocycles. The Morgan fingerprint density at radius 1 is 1.12 bits per heavy atom. The van der Waals surface area contributed by atoms with Crippen LogP contribution in [0, 0.1) is 29.6 Å². The van der Waals surface area contributed by atoms with Crippen molar-refractivity contribution < 1.29 is 24.2 Å². The van der Waals surface area contributed by atoms with Gasteiger partial charge in [0.15, 0.2) is 11.5 Å². The van der Waals surface area contributed by atoms with Crippen molar-refractivity contribution in [1.29, 1.82) is 0 Å². The third kappa shape index (κ3) is 2.16. The number of nitrogens with one attached hydrogen (secondary N) is 1. The van der Waals surface area contributed by atoms with Gasteiger partial charge in [0.2, 0.25) is 5.91 Å². The zero-order valence-corrected chi connectivity index (χ0v) is 13.7. The van der Waals surface area contributed by atoms with Crippen LogP contribution < -0.4 is 14.8 Å². The molecule has 0 aromatic heterocycles. The topological polar surface area (TPSA) is 84.9 Å². The Bertz CT molecular complexity index is 700. The highest BCUT2D eigenvalue weighted by atomic mass is 16.5. The lowest BCUT2D eigenvalue weighted by Crippen LogP contribution is -2.19. The van der Waals surface area contributed by atoms with Crippen LogP contribution in [0.15, 0.2) is 12.1 Å². The number of carbonyl (C=O) groups excluding carboxylic acids is 1. The van der Waals surface area contributed by atoms with E-state index in [0.29, 0.717) is 40.9 Å². The Balaban J connectivity index is 1.58. The fourth-order valence-corrected chi connectivity index (χ4v) is 5.07. The third-order valence-electron chi connectivity index (χ3n) is 6.02. The van der Waals surface area contributed by atoms with Gasteiger partial charge in [0.05, 0.1) is 25.5 Å². The average molecular weight is 331 g/mol. The van der Waals surface area contributed by atoms with Gasteiger partial charge in [0.1, 0.15) is 0 Å². The molecule has 4 atom stereocenters. The lowest BCUT2D eigenvalue weighted by Gasteiger charge is -2.16. The Kier molecular flexibility index (Phi) is 3.44. The zero-order valence-electron chi connectivity index (χ0n) is 13.7. The van der Waals surface area contributed by atoms with E-state index in [9.17, 15) is 14.7 Å². The van der Waals surface area contributed by atoms with E-state index in [-0.39, 0.29) is 17.4 Å². The first-order valence-electron chi connectivity index (χ1n) is 8.35. The smallest absolute Gasteiger partial charge is 0.335 e. The maximum Gasteiger partial charge on any atom is 0.335 e. The molecule has 0 aliphatic heterocycles. The van der Waals surface area contributed by atoms with Gasteiger partial charge < -0.3 is 19.9 Å². The van der Waals surface area contributed by atoms with Crippen LogP contribution in [-0.4, -0.2) is 31.2 Å². The van der Waals surface area contributed by atoms with E-state index < -0.39 is 5.97 Å². The standard InChI is InChI=1S/C18H21NO5/c1-23-12-7-10(18(21)22)6-11(16(12)24-2)19-17(20)15-13-8-3-4-9(5-8)14(13)15/h6-9,13-15H,3-5H2,1-2H3,(H,19,20)(H,21,22). The molecule has 2 bridgehead atoms. The number of hydrogen-bond donors (Lipinski definition) is 2. The highest BCUT2D eigenvalue weighted by Crippen LogP contribution is 2.69. The molecular weight excluding hydrogens is 310 g/mol. The maximum absolute atomic E-state index is 12.7.